The molecule has 1 heterocycles. The molecule has 2 N–H and O–H groups in total. The molecule has 104 valence electrons. The molecule has 8 heteroatoms. The Morgan fingerprint density at radius 1 is 1.30 bits per heavy atom. The Morgan fingerprint density at radius 2 is 2.00 bits per heavy atom. The van der Waals surface area contributed by atoms with Crippen LogP contribution in [0.15, 0.2) is 24.4 Å². The van der Waals surface area contributed by atoms with E-state index in [4.69, 9.17) is 5.11 Å². The molecular formula is C12H9F2N3O3. The van der Waals surface area contributed by atoms with Gasteiger partial charge >= 0.3 is 5.97 Å². The first-order valence-corrected chi connectivity index (χ1v) is 5.42. The van der Waals surface area contributed by atoms with Crippen LogP contribution < -0.4 is 5.32 Å². The number of amides is 1. The minimum absolute atomic E-state index is 0.0214. The van der Waals surface area contributed by atoms with Crippen LogP contribution in [0, 0.1) is 11.6 Å². The second-order valence-electron chi connectivity index (χ2n) is 3.95. The van der Waals surface area contributed by atoms with Crippen LogP contribution >= 0.6 is 0 Å². The fraction of sp³-hybridized carbons (Fsp3) is 0.0833. The lowest BCUT2D eigenvalue weighted by Gasteiger charge is -2.07. The highest BCUT2D eigenvalue weighted by atomic mass is 19.1. The summed E-state index contributed by atoms with van der Waals surface area (Å²) >= 11 is 0. The number of aromatic carboxylic acids is 1. The van der Waals surface area contributed by atoms with Crippen molar-refractivity contribution in [2.45, 2.75) is 0 Å². The third-order valence-corrected chi connectivity index (χ3v) is 2.48. The van der Waals surface area contributed by atoms with Gasteiger partial charge in [-0.25, -0.2) is 13.6 Å². The number of carboxylic acid groups (broad SMARTS) is 1. The highest BCUT2D eigenvalue weighted by Crippen LogP contribution is 2.20. The van der Waals surface area contributed by atoms with Crippen molar-refractivity contribution in [3.8, 4) is 0 Å². The van der Waals surface area contributed by atoms with Crippen molar-refractivity contribution in [1.29, 1.82) is 0 Å². The number of rotatable bonds is 3. The number of anilines is 1. The van der Waals surface area contributed by atoms with Gasteiger partial charge < -0.3 is 10.4 Å². The molecule has 0 bridgehead atoms. The molecule has 1 aromatic carbocycles. The lowest BCUT2D eigenvalue weighted by molar-refractivity contribution is 0.0691. The van der Waals surface area contributed by atoms with Crippen LogP contribution in [0.25, 0.3) is 0 Å². The molecule has 0 aliphatic rings. The third kappa shape index (κ3) is 2.63. The smallest absolute Gasteiger partial charge is 0.338 e. The Hall–Kier alpha value is -2.77. The van der Waals surface area contributed by atoms with Crippen LogP contribution in [-0.2, 0) is 7.05 Å². The van der Waals surface area contributed by atoms with E-state index in [0.29, 0.717) is 12.1 Å². The summed E-state index contributed by atoms with van der Waals surface area (Å²) in [6.07, 6.45) is 1.51. The molecule has 1 aromatic heterocycles. The molecule has 0 radical (unpaired) electrons. The van der Waals surface area contributed by atoms with Gasteiger partial charge in [0.15, 0.2) is 5.69 Å². The maximum Gasteiger partial charge on any atom is 0.338 e. The van der Waals surface area contributed by atoms with Crippen LogP contribution in [0.4, 0.5) is 14.5 Å². The van der Waals surface area contributed by atoms with E-state index in [1.807, 2.05) is 0 Å². The van der Waals surface area contributed by atoms with Crippen LogP contribution in [0.5, 0.6) is 0 Å². The number of carbonyl (C=O) groups is 2. The topological polar surface area (TPSA) is 84.2 Å². The second kappa shape index (κ2) is 5.08. The predicted octanol–water partition coefficient (Wildman–Crippen LogP) is 1.65. The zero-order valence-corrected chi connectivity index (χ0v) is 10.2. The number of hydrogen-bond acceptors (Lipinski definition) is 3. The molecule has 0 saturated carbocycles. The van der Waals surface area contributed by atoms with Gasteiger partial charge in [-0.3, -0.25) is 9.48 Å². The molecule has 0 fully saturated rings. The van der Waals surface area contributed by atoms with Crippen LogP contribution in [-0.4, -0.2) is 26.8 Å². The summed E-state index contributed by atoms with van der Waals surface area (Å²) in [5.74, 6) is -4.58. The highest BCUT2D eigenvalue weighted by Gasteiger charge is 2.18. The number of halogens is 2. The van der Waals surface area contributed by atoms with E-state index in [1.165, 1.54) is 16.9 Å². The van der Waals surface area contributed by atoms with Gasteiger partial charge in [0, 0.05) is 19.3 Å². The van der Waals surface area contributed by atoms with Gasteiger partial charge in [0.05, 0.1) is 11.3 Å². The van der Waals surface area contributed by atoms with Gasteiger partial charge in [0.25, 0.3) is 5.91 Å². The van der Waals surface area contributed by atoms with Crippen molar-refractivity contribution >= 4 is 17.6 Å². The molecule has 2 rings (SSSR count). The monoisotopic (exact) mass is 281 g/mol. The third-order valence-electron chi connectivity index (χ3n) is 2.48. The first kappa shape index (κ1) is 13.7. The number of nitrogens with one attached hydrogen (secondary N) is 1. The Labute approximate surface area is 111 Å². The molecule has 0 unspecified atom stereocenters. The van der Waals surface area contributed by atoms with Crippen molar-refractivity contribution in [3.63, 3.8) is 0 Å². The first-order chi connectivity index (χ1) is 9.38. The number of aryl methyl sites for hydroxylation is 1. The van der Waals surface area contributed by atoms with Gasteiger partial charge in [-0.2, -0.15) is 5.10 Å². The van der Waals surface area contributed by atoms with E-state index in [9.17, 15) is 18.4 Å². The average Bonchev–Trinajstić information content (AvgIpc) is 2.79. The lowest BCUT2D eigenvalue weighted by Crippen LogP contribution is -2.15. The largest absolute Gasteiger partial charge is 0.478 e. The minimum Gasteiger partial charge on any atom is -0.478 e. The van der Waals surface area contributed by atoms with Gasteiger partial charge in [0.2, 0.25) is 0 Å². The fourth-order valence-electron chi connectivity index (χ4n) is 1.53. The summed E-state index contributed by atoms with van der Waals surface area (Å²) in [7, 11) is 1.60. The quantitative estimate of drug-likeness (QED) is 0.896. The first-order valence-electron chi connectivity index (χ1n) is 5.42. The van der Waals surface area contributed by atoms with Gasteiger partial charge in [0.1, 0.15) is 11.6 Å². The Morgan fingerprint density at radius 3 is 2.55 bits per heavy atom. The van der Waals surface area contributed by atoms with Gasteiger partial charge in [-0.15, -0.1) is 0 Å². The molecule has 20 heavy (non-hydrogen) atoms. The zero-order valence-electron chi connectivity index (χ0n) is 10.2. The highest BCUT2D eigenvalue weighted by molar-refractivity contribution is 6.03. The fourth-order valence-corrected chi connectivity index (χ4v) is 1.53. The summed E-state index contributed by atoms with van der Waals surface area (Å²) in [5, 5.41) is 14.7. The number of carbonyl (C=O) groups excluding carboxylic acids is 1. The molecule has 0 saturated heterocycles. The maximum absolute atomic E-state index is 13.5. The Kier molecular flexibility index (Phi) is 3.47. The number of benzene rings is 1. The van der Waals surface area contributed by atoms with Gasteiger partial charge in [-0.1, -0.05) is 0 Å². The molecule has 0 aliphatic carbocycles. The summed E-state index contributed by atoms with van der Waals surface area (Å²) in [6, 6.07) is 2.51. The SMILES string of the molecule is Cn1ccc(C(=O)Nc2cc(C(=O)O)c(F)cc2F)n1. The Balaban J connectivity index is 2.31. The van der Waals surface area contributed by atoms with Crippen LogP contribution in [0.2, 0.25) is 0 Å². The Bertz CT molecular complexity index is 697. The van der Waals surface area contributed by atoms with Gasteiger partial charge in [-0.05, 0) is 12.1 Å². The molecule has 0 atom stereocenters. The van der Waals surface area contributed by atoms with E-state index in [1.54, 1.807) is 7.05 Å². The van der Waals surface area contributed by atoms with Crippen molar-refractivity contribution in [2.75, 3.05) is 5.32 Å². The summed E-state index contributed by atoms with van der Waals surface area (Å²) in [4.78, 5) is 22.5. The molecule has 1 amide bonds. The van der Waals surface area contributed by atoms with Crippen molar-refractivity contribution < 1.29 is 23.5 Å². The molecular weight excluding hydrogens is 272 g/mol. The van der Waals surface area contributed by atoms with Crippen molar-refractivity contribution in [2.24, 2.45) is 7.05 Å². The normalized spacial score (nSPS) is 10.3. The summed E-state index contributed by atoms with van der Waals surface area (Å²) in [5.41, 5.74) is -1.14. The number of nitrogens with zero attached hydrogens (tertiary/aromatic N) is 2. The van der Waals surface area contributed by atoms with Crippen molar-refractivity contribution in [3.05, 3.63) is 47.3 Å². The summed E-state index contributed by atoms with van der Waals surface area (Å²) in [6.45, 7) is 0. The van der Waals surface area contributed by atoms with E-state index in [2.05, 4.69) is 10.4 Å². The predicted molar refractivity (Wildman–Crippen MR) is 64.5 cm³/mol. The molecule has 6 nitrogen and oxygen atoms in total. The van der Waals surface area contributed by atoms with E-state index in [0.717, 1.165) is 0 Å². The van der Waals surface area contributed by atoms with E-state index < -0.39 is 34.8 Å². The summed E-state index contributed by atoms with van der Waals surface area (Å²) < 4.78 is 28.1. The molecule has 2 aromatic rings. The van der Waals surface area contributed by atoms with Crippen LogP contribution in [0.3, 0.4) is 0 Å². The molecule has 0 spiro atoms. The second-order valence-corrected chi connectivity index (χ2v) is 3.95. The molecule has 0 aliphatic heterocycles. The zero-order chi connectivity index (χ0) is 14.9. The average molecular weight is 281 g/mol. The van der Waals surface area contributed by atoms with E-state index in [-0.39, 0.29) is 5.69 Å². The lowest BCUT2D eigenvalue weighted by atomic mass is 10.1. The van der Waals surface area contributed by atoms with Crippen molar-refractivity contribution in [1.82, 2.24) is 9.78 Å². The minimum atomic E-state index is -1.56. The number of aromatic nitrogens is 2. The van der Waals surface area contributed by atoms with E-state index >= 15 is 0 Å². The number of hydrogen-bond donors (Lipinski definition) is 2. The maximum atomic E-state index is 13.5. The number of carboxylic acids is 1. The van der Waals surface area contributed by atoms with Crippen LogP contribution in [0.1, 0.15) is 20.8 Å². The standard InChI is InChI=1S/C12H9F2N3O3/c1-17-3-2-9(16-17)11(18)15-10-4-6(12(19)20)7(13)5-8(10)14/h2-5H,1H3,(H,15,18)(H,19,20).